The first-order valence-electron chi connectivity index (χ1n) is 28.0. The molecule has 0 aliphatic carbocycles. The molecule has 442 valence electrons. The normalized spacial score (nSPS) is 10.3. The molecule has 0 N–H and O–H groups in total. The summed E-state index contributed by atoms with van der Waals surface area (Å²) in [6, 6.07) is 133. The molecule has 2 radical (unpaired) electrons. The Kier molecular flexibility index (Phi) is 34.7. The molecule has 0 aliphatic rings. The third-order valence-corrected chi connectivity index (χ3v) is 35.4. The van der Waals surface area contributed by atoms with Crippen LogP contribution in [0.2, 0.25) is 0 Å². The summed E-state index contributed by atoms with van der Waals surface area (Å²) in [5, 5.41) is 18.0. The Morgan fingerprint density at radius 3 is 0.264 bits per heavy atom. The Bertz CT molecular complexity index is 2760. The SMILES string of the molecule is [O-2].[O-2].[O-2].[O-2].[Re].[Re].c1ccc([PH+](C[PH+](c2ccccc2)c2ccccc2)c2ccccc2)cc1.c1ccc([PH+](C[PH+](c2ccccc2)c2ccccc2)c2ccccc2)cc1.c1ccc([PH+](C[PH+](c2ccccc2)c2ccccc2)c2ccccc2)cc1. The first-order valence-corrected chi connectivity index (χ1v) is 38.3. The van der Waals surface area contributed by atoms with E-state index in [1.807, 2.05) is 0 Å². The molecule has 0 amide bonds. The monoisotopic (exact) mass is 1600 g/mol. The van der Waals surface area contributed by atoms with Gasteiger partial charge in [-0.2, -0.15) is 0 Å². The largest absolute Gasteiger partial charge is 2.00 e. The molecule has 12 aromatic rings. The van der Waals surface area contributed by atoms with Gasteiger partial charge in [0.05, 0.1) is 0 Å². The van der Waals surface area contributed by atoms with E-state index in [9.17, 15) is 0 Å². The van der Waals surface area contributed by atoms with E-state index in [0.29, 0.717) is 0 Å². The molecule has 0 aromatic heterocycles. The van der Waals surface area contributed by atoms with Crippen LogP contribution in [-0.2, 0) is 62.8 Å². The van der Waals surface area contributed by atoms with Crippen LogP contribution in [0, 0.1) is 0 Å². The van der Waals surface area contributed by atoms with Crippen LogP contribution in [0.4, 0.5) is 0 Å². The maximum Gasteiger partial charge on any atom is 0.174 e. The van der Waals surface area contributed by atoms with E-state index in [0.717, 1.165) is 0 Å². The van der Waals surface area contributed by atoms with Gasteiger partial charge < -0.3 is 21.9 Å². The van der Waals surface area contributed by atoms with Crippen molar-refractivity contribution in [1.29, 1.82) is 0 Å². The second-order valence-corrected chi connectivity index (χ2v) is 36.7. The fourth-order valence-electron chi connectivity index (χ4n) is 10.4. The predicted molar refractivity (Wildman–Crippen MR) is 380 cm³/mol. The van der Waals surface area contributed by atoms with Gasteiger partial charge in [-0.05, 0) is 146 Å². The van der Waals surface area contributed by atoms with E-state index >= 15 is 0 Å². The molecular formula is C75H72O4P6Re2-2. The van der Waals surface area contributed by atoms with Gasteiger partial charge in [-0.3, -0.25) is 0 Å². The molecule has 0 saturated carbocycles. The van der Waals surface area contributed by atoms with E-state index in [-0.39, 0.29) is 62.8 Å². The van der Waals surface area contributed by atoms with Crippen LogP contribution in [0.3, 0.4) is 0 Å². The van der Waals surface area contributed by atoms with Crippen molar-refractivity contribution in [3.05, 3.63) is 364 Å². The molecular weight excluding hydrogens is 1520 g/mol. The minimum Gasteiger partial charge on any atom is -2.00 e. The first-order chi connectivity index (χ1) is 40.2. The third-order valence-electron chi connectivity index (χ3n) is 14.5. The molecule has 12 heteroatoms. The third kappa shape index (κ3) is 21.8. The first kappa shape index (κ1) is 73.9. The smallest absolute Gasteiger partial charge is 0.174 e. The summed E-state index contributed by atoms with van der Waals surface area (Å²) >= 11 is 0. The Labute approximate surface area is 551 Å². The van der Waals surface area contributed by atoms with Crippen LogP contribution in [-0.4, -0.2) is 17.7 Å². The summed E-state index contributed by atoms with van der Waals surface area (Å²) in [7, 11) is -5.08. The molecule has 87 heavy (non-hydrogen) atoms. The molecule has 0 bridgehead atoms. The second-order valence-electron chi connectivity index (χ2n) is 19.8. The van der Waals surface area contributed by atoms with Gasteiger partial charge in [-0.25, -0.2) is 0 Å². The molecule has 4 nitrogen and oxygen atoms in total. The van der Waals surface area contributed by atoms with Gasteiger partial charge in [-0.1, -0.05) is 218 Å². The molecule has 0 atom stereocenters. The molecule has 12 rings (SSSR count). The van der Waals surface area contributed by atoms with E-state index in [2.05, 4.69) is 364 Å². The van der Waals surface area contributed by atoms with Gasteiger partial charge in [0.25, 0.3) is 0 Å². The summed E-state index contributed by atoms with van der Waals surface area (Å²) in [5.41, 5.74) is 0. The van der Waals surface area contributed by atoms with Gasteiger partial charge in [0.2, 0.25) is 0 Å². The molecule has 0 unspecified atom stereocenters. The van der Waals surface area contributed by atoms with Gasteiger partial charge in [0.15, 0.2) is 17.7 Å². The van der Waals surface area contributed by atoms with E-state index in [1.54, 1.807) is 0 Å². The summed E-state index contributed by atoms with van der Waals surface area (Å²) < 4.78 is 0. The Morgan fingerprint density at radius 2 is 0.195 bits per heavy atom. The summed E-state index contributed by atoms with van der Waals surface area (Å²) in [5.74, 6) is 3.74. The van der Waals surface area contributed by atoms with E-state index < -0.39 is 47.5 Å². The second kappa shape index (κ2) is 40.8. The minimum absolute atomic E-state index is 0. The number of rotatable bonds is 18. The van der Waals surface area contributed by atoms with Crippen molar-refractivity contribution in [1.82, 2.24) is 0 Å². The number of benzene rings is 12. The maximum absolute atomic E-state index is 2.32. The van der Waals surface area contributed by atoms with Crippen molar-refractivity contribution in [2.45, 2.75) is 0 Å². The van der Waals surface area contributed by atoms with Crippen LogP contribution < -0.4 is 63.7 Å². The van der Waals surface area contributed by atoms with Crippen LogP contribution >= 0.6 is 47.5 Å². The number of hydrogen-bond acceptors (Lipinski definition) is 0. The van der Waals surface area contributed by atoms with Gasteiger partial charge in [0, 0.05) is 40.8 Å². The molecule has 0 fully saturated rings. The maximum atomic E-state index is 2.32. The van der Waals surface area contributed by atoms with Gasteiger partial charge in [-0.15, -0.1) is 0 Å². The summed E-state index contributed by atoms with van der Waals surface area (Å²) in [6.45, 7) is 0. The molecule has 0 saturated heterocycles. The van der Waals surface area contributed by atoms with E-state index in [4.69, 9.17) is 0 Å². The zero-order valence-electron chi connectivity index (χ0n) is 48.2. The zero-order chi connectivity index (χ0) is 54.9. The topological polar surface area (TPSA) is 114 Å². The minimum atomic E-state index is -0.847. The predicted octanol–water partition coefficient (Wildman–Crippen LogP) is 13.5. The van der Waals surface area contributed by atoms with Crippen molar-refractivity contribution in [3.8, 4) is 0 Å². The van der Waals surface area contributed by atoms with Crippen molar-refractivity contribution in [2.24, 2.45) is 0 Å². The standard InChI is InChI=1S/3C25H22P2.4O.2Re/c3*1-5-13-22(14-6-1)26(23-15-7-2-8-16-23)21-27(24-17-9-3-10-18-24)25-19-11-4-12-20-25;;;;;;/h3*1-20H,21H2;;;;;;/q;;;4*-2;;/p+6. The van der Waals surface area contributed by atoms with Gasteiger partial charge >= 0.3 is 0 Å². The molecule has 12 aromatic carbocycles. The van der Waals surface area contributed by atoms with Crippen molar-refractivity contribution in [2.75, 3.05) is 17.7 Å². The summed E-state index contributed by atoms with van der Waals surface area (Å²) in [4.78, 5) is 0. The van der Waals surface area contributed by atoms with E-state index in [1.165, 1.54) is 81.4 Å². The quantitative estimate of drug-likeness (QED) is 0.0762. The van der Waals surface area contributed by atoms with Crippen LogP contribution in [0.15, 0.2) is 364 Å². The molecule has 0 heterocycles. The molecule has 0 spiro atoms. The fourth-order valence-corrected chi connectivity index (χ4v) is 33.6. The van der Waals surface area contributed by atoms with Crippen LogP contribution in [0.25, 0.3) is 0 Å². The average molecular weight is 1600 g/mol. The van der Waals surface area contributed by atoms with Crippen LogP contribution in [0.1, 0.15) is 0 Å². The fraction of sp³-hybridized carbons (Fsp3) is 0.0400. The average Bonchev–Trinajstić information content (AvgIpc) is 3.60. The Balaban J connectivity index is 0.000000270. The van der Waals surface area contributed by atoms with Crippen molar-refractivity contribution in [3.63, 3.8) is 0 Å². The Morgan fingerprint density at radius 1 is 0.126 bits per heavy atom. The van der Waals surface area contributed by atoms with Gasteiger partial charge in [0.1, 0.15) is 111 Å². The molecule has 0 aliphatic heterocycles. The van der Waals surface area contributed by atoms with Crippen molar-refractivity contribution < 1.29 is 62.8 Å². The number of hydrogen-bond donors (Lipinski definition) is 0. The van der Waals surface area contributed by atoms with Crippen LogP contribution in [0.5, 0.6) is 0 Å². The van der Waals surface area contributed by atoms with Crippen molar-refractivity contribution >= 4 is 111 Å². The Hall–Kier alpha value is -5.62. The zero-order valence-corrected chi connectivity index (χ0v) is 59.6. The summed E-state index contributed by atoms with van der Waals surface area (Å²) in [6.07, 6.45) is 0.